The lowest BCUT2D eigenvalue weighted by Gasteiger charge is -2.45. The van der Waals surface area contributed by atoms with Gasteiger partial charge in [-0.05, 0) is 98.2 Å². The quantitative estimate of drug-likeness (QED) is 0.474. The molecule has 1 spiro atoms. The Morgan fingerprint density at radius 3 is 2.74 bits per heavy atom. The van der Waals surface area contributed by atoms with Crippen molar-refractivity contribution in [3.05, 3.63) is 70.4 Å². The number of fused-ring (bicyclic) bond motifs is 1. The van der Waals surface area contributed by atoms with E-state index in [-0.39, 0.29) is 11.6 Å². The normalized spacial score (nSPS) is 25.4. The van der Waals surface area contributed by atoms with Crippen LogP contribution in [-0.4, -0.2) is 39.7 Å². The number of nitrogens with one attached hydrogen (secondary N) is 1. The molecule has 2 aromatic carbocycles. The van der Waals surface area contributed by atoms with E-state index in [2.05, 4.69) is 35.1 Å². The number of hydrogen-bond donors (Lipinski definition) is 2. The van der Waals surface area contributed by atoms with Crippen LogP contribution in [0, 0.1) is 12.8 Å². The van der Waals surface area contributed by atoms with Crippen LogP contribution in [0.15, 0.2) is 42.6 Å². The number of rotatable bonds is 6. The van der Waals surface area contributed by atoms with E-state index in [0.717, 1.165) is 51.3 Å². The van der Waals surface area contributed by atoms with Gasteiger partial charge in [0.25, 0.3) is 0 Å². The fraction of sp³-hybridized carbons (Fsp3) is 0.483. The summed E-state index contributed by atoms with van der Waals surface area (Å²) >= 11 is 0. The molecule has 3 aromatic rings. The number of hydrogen-bond acceptors (Lipinski definition) is 3. The Labute approximate surface area is 201 Å². The van der Waals surface area contributed by atoms with Gasteiger partial charge in [0, 0.05) is 42.8 Å². The fourth-order valence-corrected chi connectivity index (χ4v) is 6.31. The Hall–Kier alpha value is -2.63. The predicted molar refractivity (Wildman–Crippen MR) is 133 cm³/mol. The molecule has 1 aromatic heterocycles. The summed E-state index contributed by atoms with van der Waals surface area (Å²) in [6, 6.07) is 12.4. The second-order valence-electron chi connectivity index (χ2n) is 10.7. The summed E-state index contributed by atoms with van der Waals surface area (Å²) in [4.78, 5) is 17.5. The number of piperidine rings is 1. The molecule has 178 valence electrons. The first-order valence-corrected chi connectivity index (χ1v) is 12.8. The maximum absolute atomic E-state index is 11.4. The number of carboxylic acid groups (broad SMARTS) is 1. The molecule has 0 unspecified atom stereocenters. The largest absolute Gasteiger partial charge is 0.478 e. The number of nitrogens with zero attached hydrogens (tertiary/aromatic N) is 1. The molecule has 2 saturated heterocycles. The lowest BCUT2D eigenvalue weighted by molar-refractivity contribution is -0.0676. The zero-order chi connectivity index (χ0) is 23.3. The van der Waals surface area contributed by atoms with Crippen molar-refractivity contribution in [1.29, 1.82) is 0 Å². The van der Waals surface area contributed by atoms with Crippen LogP contribution in [-0.2, 0) is 17.7 Å². The second-order valence-corrected chi connectivity index (χ2v) is 10.7. The van der Waals surface area contributed by atoms with Crippen LogP contribution in [0.2, 0.25) is 0 Å². The van der Waals surface area contributed by atoms with Gasteiger partial charge < -0.3 is 14.8 Å². The third kappa shape index (κ3) is 4.05. The molecular weight excluding hydrogens is 424 g/mol. The fourth-order valence-electron chi connectivity index (χ4n) is 6.31. The number of carboxylic acids is 1. The summed E-state index contributed by atoms with van der Waals surface area (Å²) in [7, 11) is 0. The highest BCUT2D eigenvalue weighted by Gasteiger charge is 2.43. The van der Waals surface area contributed by atoms with Gasteiger partial charge in [-0.1, -0.05) is 18.2 Å². The Bertz CT molecular complexity index is 1200. The first-order chi connectivity index (χ1) is 16.5. The summed E-state index contributed by atoms with van der Waals surface area (Å²) in [5.74, 6) is -0.0349. The summed E-state index contributed by atoms with van der Waals surface area (Å²) < 4.78 is 6.33. The summed E-state index contributed by atoms with van der Waals surface area (Å²) in [5.41, 5.74) is 7.06. The van der Waals surface area contributed by atoms with Crippen molar-refractivity contribution in [2.24, 2.45) is 5.92 Å². The van der Waals surface area contributed by atoms with Crippen LogP contribution in [0.4, 0.5) is 0 Å². The molecule has 0 radical (unpaired) electrons. The maximum atomic E-state index is 11.4. The number of aromatic carboxylic acids is 1. The minimum Gasteiger partial charge on any atom is -0.478 e. The standard InChI is InChI=1S/C29H34N2O3/c1-19-15-23(16-20-3-4-20)25(24-9-12-30-27(19)24)18-31-13-11-29(10-2-14-34-29)17-26(31)21-5-7-22(8-6-21)28(32)33/h5-9,12,15,20,26,30H,2-4,10-11,13-14,16-18H2,1H3,(H,32,33)/t26-,29-/m0/s1. The number of benzene rings is 2. The first-order valence-electron chi connectivity index (χ1n) is 12.8. The minimum absolute atomic E-state index is 0.0276. The van der Waals surface area contributed by atoms with Crippen molar-refractivity contribution >= 4 is 16.9 Å². The van der Waals surface area contributed by atoms with E-state index < -0.39 is 5.97 Å². The molecule has 0 amide bonds. The van der Waals surface area contributed by atoms with Gasteiger partial charge in [0.1, 0.15) is 0 Å². The van der Waals surface area contributed by atoms with Gasteiger partial charge in [0.15, 0.2) is 0 Å². The van der Waals surface area contributed by atoms with Crippen molar-refractivity contribution in [2.45, 2.75) is 70.1 Å². The van der Waals surface area contributed by atoms with Crippen molar-refractivity contribution in [1.82, 2.24) is 9.88 Å². The Morgan fingerprint density at radius 1 is 1.21 bits per heavy atom. The summed E-state index contributed by atoms with van der Waals surface area (Å²) in [6.07, 6.45) is 10.3. The molecule has 5 heteroatoms. The van der Waals surface area contributed by atoms with Crippen molar-refractivity contribution in [3.8, 4) is 0 Å². The predicted octanol–water partition coefficient (Wildman–Crippen LogP) is 6.01. The highest BCUT2D eigenvalue weighted by atomic mass is 16.5. The number of likely N-dealkylation sites (tertiary alicyclic amines) is 1. The van der Waals surface area contributed by atoms with Crippen LogP contribution >= 0.6 is 0 Å². The third-order valence-electron chi connectivity index (χ3n) is 8.40. The Balaban J connectivity index is 1.37. The zero-order valence-corrected chi connectivity index (χ0v) is 20.0. The smallest absolute Gasteiger partial charge is 0.335 e. The number of aromatic nitrogens is 1. The SMILES string of the molecule is Cc1cc(CC2CC2)c(CN2CC[C@@]3(CCCO3)C[C@H]2c2ccc(C(=O)O)cc2)c2cc[nH]c12. The van der Waals surface area contributed by atoms with Gasteiger partial charge in [-0.25, -0.2) is 4.79 Å². The van der Waals surface area contributed by atoms with Crippen LogP contribution in [0.1, 0.15) is 77.2 Å². The van der Waals surface area contributed by atoms with Crippen molar-refractivity contribution in [2.75, 3.05) is 13.2 Å². The van der Waals surface area contributed by atoms with Gasteiger partial charge in [-0.15, -0.1) is 0 Å². The Kier molecular flexibility index (Phi) is 5.50. The van der Waals surface area contributed by atoms with Crippen molar-refractivity contribution < 1.29 is 14.6 Å². The van der Waals surface area contributed by atoms with Crippen LogP contribution in [0.25, 0.3) is 10.9 Å². The van der Waals surface area contributed by atoms with E-state index in [0.29, 0.717) is 5.56 Å². The van der Waals surface area contributed by atoms with Crippen molar-refractivity contribution in [3.63, 3.8) is 0 Å². The van der Waals surface area contributed by atoms with Crippen LogP contribution < -0.4 is 0 Å². The van der Waals surface area contributed by atoms with Crippen LogP contribution in [0.3, 0.4) is 0 Å². The molecule has 1 aliphatic carbocycles. The molecule has 34 heavy (non-hydrogen) atoms. The van der Waals surface area contributed by atoms with E-state index in [1.807, 2.05) is 12.1 Å². The van der Waals surface area contributed by atoms with E-state index in [9.17, 15) is 9.90 Å². The number of aromatic amines is 1. The van der Waals surface area contributed by atoms with E-state index in [1.165, 1.54) is 52.4 Å². The molecule has 2 atom stereocenters. The average molecular weight is 459 g/mol. The van der Waals surface area contributed by atoms with Crippen LogP contribution in [0.5, 0.6) is 0 Å². The van der Waals surface area contributed by atoms with Gasteiger partial charge in [0.05, 0.1) is 11.2 Å². The zero-order valence-electron chi connectivity index (χ0n) is 20.0. The highest BCUT2D eigenvalue weighted by Crippen LogP contribution is 2.45. The lowest BCUT2D eigenvalue weighted by atomic mass is 9.81. The summed E-state index contributed by atoms with van der Waals surface area (Å²) in [6.45, 7) is 4.98. The molecule has 1 saturated carbocycles. The van der Waals surface area contributed by atoms with E-state index >= 15 is 0 Å². The number of ether oxygens (including phenoxy) is 1. The van der Waals surface area contributed by atoms with E-state index in [1.54, 1.807) is 12.1 Å². The van der Waals surface area contributed by atoms with Gasteiger partial charge in [-0.2, -0.15) is 0 Å². The summed E-state index contributed by atoms with van der Waals surface area (Å²) in [5, 5.41) is 10.7. The number of H-pyrrole nitrogens is 1. The monoisotopic (exact) mass is 458 g/mol. The molecule has 6 rings (SSSR count). The molecule has 3 fully saturated rings. The maximum Gasteiger partial charge on any atom is 0.335 e. The molecule has 5 nitrogen and oxygen atoms in total. The molecule has 0 bridgehead atoms. The molecule has 3 aliphatic rings. The molecular formula is C29H34N2O3. The minimum atomic E-state index is -0.873. The molecule has 3 heterocycles. The third-order valence-corrected chi connectivity index (χ3v) is 8.40. The van der Waals surface area contributed by atoms with Gasteiger partial charge in [0.2, 0.25) is 0 Å². The van der Waals surface area contributed by atoms with E-state index in [4.69, 9.17) is 4.74 Å². The lowest BCUT2D eigenvalue weighted by Crippen LogP contribution is -2.45. The second kappa shape index (κ2) is 8.54. The number of aryl methyl sites for hydroxylation is 1. The molecule has 2 aliphatic heterocycles. The number of carbonyl (C=O) groups is 1. The average Bonchev–Trinajstić information content (AvgIpc) is 3.31. The van der Waals surface area contributed by atoms with Gasteiger partial charge >= 0.3 is 5.97 Å². The topological polar surface area (TPSA) is 65.6 Å². The Morgan fingerprint density at radius 2 is 2.03 bits per heavy atom. The van der Waals surface area contributed by atoms with Gasteiger partial charge in [-0.3, -0.25) is 4.90 Å². The highest BCUT2D eigenvalue weighted by molar-refractivity contribution is 5.88. The first kappa shape index (κ1) is 21.9. The molecule has 2 N–H and O–H groups in total.